The minimum atomic E-state index is 0.610. The average molecular weight is 281 g/mol. The highest BCUT2D eigenvalue weighted by Gasteiger charge is 2.12. The molecule has 2 rings (SSSR count). The number of nitrogens with two attached hydrogens (primary N) is 1. The van der Waals surface area contributed by atoms with Crippen molar-refractivity contribution < 1.29 is 0 Å². The predicted octanol–water partition coefficient (Wildman–Crippen LogP) is 2.49. The van der Waals surface area contributed by atoms with Crippen LogP contribution < -0.4 is 5.73 Å². The zero-order chi connectivity index (χ0) is 13.8. The summed E-state index contributed by atoms with van der Waals surface area (Å²) >= 11 is 6.03. The Morgan fingerprint density at radius 2 is 2.05 bits per heavy atom. The second-order valence-electron chi connectivity index (χ2n) is 4.56. The molecule has 0 saturated carbocycles. The van der Waals surface area contributed by atoms with Crippen molar-refractivity contribution in [1.29, 1.82) is 0 Å². The molecule has 0 amide bonds. The van der Waals surface area contributed by atoms with Crippen LogP contribution in [0.2, 0.25) is 5.02 Å². The van der Waals surface area contributed by atoms with E-state index >= 15 is 0 Å². The molecule has 1 aromatic carbocycles. The number of fused-ring (bicyclic) bond motifs is 1. The van der Waals surface area contributed by atoms with E-state index in [0.29, 0.717) is 6.54 Å². The van der Waals surface area contributed by atoms with Crippen molar-refractivity contribution in [3.63, 3.8) is 0 Å². The number of benzene rings is 1. The summed E-state index contributed by atoms with van der Waals surface area (Å²) in [5.74, 6) is 1.06. The predicted molar refractivity (Wildman–Crippen MR) is 80.4 cm³/mol. The van der Waals surface area contributed by atoms with Crippen LogP contribution in [0.15, 0.2) is 18.2 Å². The molecule has 0 atom stereocenters. The fraction of sp³-hybridized carbons (Fsp3) is 0.500. The first kappa shape index (κ1) is 14.3. The van der Waals surface area contributed by atoms with E-state index in [9.17, 15) is 0 Å². The van der Waals surface area contributed by atoms with E-state index in [1.807, 2.05) is 18.2 Å². The Hall–Kier alpha value is -1.10. The van der Waals surface area contributed by atoms with Gasteiger partial charge in [0.25, 0.3) is 0 Å². The van der Waals surface area contributed by atoms with Gasteiger partial charge in [-0.3, -0.25) is 4.90 Å². The van der Waals surface area contributed by atoms with Crippen molar-refractivity contribution in [2.45, 2.75) is 26.9 Å². The lowest BCUT2D eigenvalue weighted by molar-refractivity contribution is 0.284. The summed E-state index contributed by atoms with van der Waals surface area (Å²) in [6.07, 6.45) is 0. The molecule has 5 heteroatoms. The van der Waals surface area contributed by atoms with Crippen LogP contribution in [-0.2, 0) is 13.1 Å². The van der Waals surface area contributed by atoms with Crippen molar-refractivity contribution in [3.05, 3.63) is 29.0 Å². The number of rotatable bonds is 6. The molecule has 0 aliphatic carbocycles. The minimum Gasteiger partial charge on any atom is -0.329 e. The van der Waals surface area contributed by atoms with Gasteiger partial charge in [-0.2, -0.15) is 0 Å². The van der Waals surface area contributed by atoms with Gasteiger partial charge in [-0.1, -0.05) is 25.4 Å². The molecule has 0 saturated heterocycles. The molecule has 104 valence electrons. The fourth-order valence-electron chi connectivity index (χ4n) is 2.30. The summed E-state index contributed by atoms with van der Waals surface area (Å²) in [5, 5.41) is 0.722. The fourth-order valence-corrected chi connectivity index (χ4v) is 2.47. The third kappa shape index (κ3) is 3.08. The van der Waals surface area contributed by atoms with E-state index in [0.717, 1.165) is 48.1 Å². The van der Waals surface area contributed by atoms with Gasteiger partial charge in [-0.15, -0.1) is 0 Å². The van der Waals surface area contributed by atoms with Crippen LogP contribution >= 0.6 is 11.6 Å². The van der Waals surface area contributed by atoms with Crippen molar-refractivity contribution in [2.24, 2.45) is 5.73 Å². The molecule has 0 unspecified atom stereocenters. The van der Waals surface area contributed by atoms with Crippen molar-refractivity contribution in [2.75, 3.05) is 19.6 Å². The zero-order valence-corrected chi connectivity index (χ0v) is 12.3. The summed E-state index contributed by atoms with van der Waals surface area (Å²) in [5.41, 5.74) is 7.77. The minimum absolute atomic E-state index is 0.610. The van der Waals surface area contributed by atoms with Gasteiger partial charge in [-0.25, -0.2) is 4.98 Å². The Morgan fingerprint density at radius 1 is 1.32 bits per heavy atom. The lowest BCUT2D eigenvalue weighted by atomic mass is 10.3. The molecule has 0 radical (unpaired) electrons. The van der Waals surface area contributed by atoms with E-state index < -0.39 is 0 Å². The van der Waals surface area contributed by atoms with E-state index in [-0.39, 0.29) is 0 Å². The van der Waals surface area contributed by atoms with Crippen molar-refractivity contribution >= 4 is 22.6 Å². The standard InChI is InChI=1S/C14H21ClN4/c1-3-18(4-2)10-14-17-12-9-11(15)5-6-13(12)19(14)8-7-16/h5-6,9H,3-4,7-8,10,16H2,1-2H3. The molecule has 1 heterocycles. The number of aromatic nitrogens is 2. The Morgan fingerprint density at radius 3 is 2.68 bits per heavy atom. The number of hydrogen-bond donors (Lipinski definition) is 1. The molecule has 1 aromatic heterocycles. The average Bonchev–Trinajstić information content (AvgIpc) is 2.73. The molecule has 0 spiro atoms. The monoisotopic (exact) mass is 280 g/mol. The smallest absolute Gasteiger partial charge is 0.124 e. The van der Waals surface area contributed by atoms with E-state index in [1.165, 1.54) is 0 Å². The van der Waals surface area contributed by atoms with Gasteiger partial charge in [0.05, 0.1) is 17.6 Å². The SMILES string of the molecule is CCN(CC)Cc1nc2cc(Cl)ccc2n1CCN. The van der Waals surface area contributed by atoms with Crippen molar-refractivity contribution in [3.8, 4) is 0 Å². The van der Waals surface area contributed by atoms with Gasteiger partial charge in [0.1, 0.15) is 5.82 Å². The Bertz CT molecular complexity index is 546. The largest absolute Gasteiger partial charge is 0.329 e. The third-order valence-corrected chi connectivity index (χ3v) is 3.64. The van der Waals surface area contributed by atoms with Crippen LogP contribution in [0.3, 0.4) is 0 Å². The van der Waals surface area contributed by atoms with Gasteiger partial charge < -0.3 is 10.3 Å². The van der Waals surface area contributed by atoms with Gasteiger partial charge in [0, 0.05) is 18.1 Å². The first-order valence-corrected chi connectivity index (χ1v) is 7.14. The summed E-state index contributed by atoms with van der Waals surface area (Å²) in [6.45, 7) is 8.60. The molecule has 0 fully saturated rings. The molecule has 4 nitrogen and oxygen atoms in total. The highest BCUT2D eigenvalue weighted by atomic mass is 35.5. The molecule has 19 heavy (non-hydrogen) atoms. The lowest BCUT2D eigenvalue weighted by Crippen LogP contribution is -2.25. The maximum atomic E-state index is 6.03. The van der Waals surface area contributed by atoms with E-state index in [2.05, 4.69) is 23.3 Å². The molecule has 0 bridgehead atoms. The first-order chi connectivity index (χ1) is 9.19. The van der Waals surface area contributed by atoms with Crippen LogP contribution in [-0.4, -0.2) is 34.1 Å². The van der Waals surface area contributed by atoms with Gasteiger partial charge in [0.15, 0.2) is 0 Å². The summed E-state index contributed by atoms with van der Waals surface area (Å²) in [4.78, 5) is 7.05. The van der Waals surface area contributed by atoms with E-state index in [1.54, 1.807) is 0 Å². The van der Waals surface area contributed by atoms with Gasteiger partial charge in [0.2, 0.25) is 0 Å². The molecular weight excluding hydrogens is 260 g/mol. The van der Waals surface area contributed by atoms with Gasteiger partial charge in [-0.05, 0) is 31.3 Å². The molecular formula is C14H21ClN4. The van der Waals surface area contributed by atoms with Crippen LogP contribution in [0.25, 0.3) is 11.0 Å². The van der Waals surface area contributed by atoms with Crippen molar-refractivity contribution in [1.82, 2.24) is 14.5 Å². The molecule has 2 N–H and O–H groups in total. The summed E-state index contributed by atoms with van der Waals surface area (Å²) < 4.78 is 2.20. The first-order valence-electron chi connectivity index (χ1n) is 6.76. The van der Waals surface area contributed by atoms with E-state index in [4.69, 9.17) is 22.3 Å². The highest BCUT2D eigenvalue weighted by molar-refractivity contribution is 6.31. The van der Waals surface area contributed by atoms with Gasteiger partial charge >= 0.3 is 0 Å². The number of hydrogen-bond acceptors (Lipinski definition) is 3. The normalized spacial score (nSPS) is 11.6. The zero-order valence-electron chi connectivity index (χ0n) is 11.6. The van der Waals surface area contributed by atoms with Crippen LogP contribution in [0, 0.1) is 0 Å². The third-order valence-electron chi connectivity index (χ3n) is 3.40. The Kier molecular flexibility index (Phi) is 4.80. The second-order valence-corrected chi connectivity index (χ2v) is 5.00. The Balaban J connectivity index is 2.43. The number of nitrogens with zero attached hydrogens (tertiary/aromatic N) is 3. The number of halogens is 1. The summed E-state index contributed by atoms with van der Waals surface area (Å²) in [7, 11) is 0. The molecule has 0 aliphatic heterocycles. The maximum Gasteiger partial charge on any atom is 0.124 e. The maximum absolute atomic E-state index is 6.03. The Labute approximate surface area is 119 Å². The number of imidazole rings is 1. The highest BCUT2D eigenvalue weighted by Crippen LogP contribution is 2.21. The van der Waals surface area contributed by atoms with Crippen LogP contribution in [0.4, 0.5) is 0 Å². The lowest BCUT2D eigenvalue weighted by Gasteiger charge is -2.18. The van der Waals surface area contributed by atoms with Crippen LogP contribution in [0.5, 0.6) is 0 Å². The topological polar surface area (TPSA) is 47.1 Å². The summed E-state index contributed by atoms with van der Waals surface area (Å²) in [6, 6.07) is 5.83. The van der Waals surface area contributed by atoms with Crippen LogP contribution in [0.1, 0.15) is 19.7 Å². The second kappa shape index (κ2) is 6.37. The molecule has 0 aliphatic rings. The molecule has 2 aromatic rings. The quantitative estimate of drug-likeness (QED) is 0.884.